The average molecular weight is 165 g/mol. The number of carbonyl (C=O) groups is 1. The summed E-state index contributed by atoms with van der Waals surface area (Å²) in [4.78, 5) is 21.2. The number of nitrogens with zero attached hydrogens (tertiary/aromatic N) is 2. The van der Waals surface area contributed by atoms with Crippen molar-refractivity contribution in [1.29, 1.82) is 0 Å². The molecule has 0 saturated heterocycles. The van der Waals surface area contributed by atoms with E-state index in [0.717, 1.165) is 11.4 Å². The fraction of sp³-hybridized carbons (Fsp3) is 0.286. The molecule has 12 heavy (non-hydrogen) atoms. The fourth-order valence-corrected chi connectivity index (χ4v) is 1.16. The lowest BCUT2D eigenvalue weighted by atomic mass is 10.1. The summed E-state index contributed by atoms with van der Waals surface area (Å²) in [6.45, 7) is 0. The maximum Gasteiger partial charge on any atom is 0.328 e. The first-order chi connectivity index (χ1) is 5.77. The predicted molar refractivity (Wildman–Crippen MR) is 41.3 cm³/mol. The highest BCUT2D eigenvalue weighted by Gasteiger charge is 2.22. The van der Waals surface area contributed by atoms with Crippen LogP contribution in [0.4, 0.5) is 0 Å². The maximum atomic E-state index is 10.5. The van der Waals surface area contributed by atoms with Gasteiger partial charge in [-0.25, -0.2) is 9.78 Å². The van der Waals surface area contributed by atoms with E-state index >= 15 is 0 Å². The fourth-order valence-electron chi connectivity index (χ4n) is 1.16. The number of aromatic nitrogens is 2. The standard InChI is InChI=1S/C7H7N3O2/c11-7(12)5-1-4-6(2-8-5)10-3-9-4/h2-3,5H,1H2,(H,9,10)(H,11,12). The molecule has 2 rings (SSSR count). The summed E-state index contributed by atoms with van der Waals surface area (Å²) >= 11 is 0. The monoisotopic (exact) mass is 165 g/mol. The molecule has 0 spiro atoms. The first kappa shape index (κ1) is 7.02. The summed E-state index contributed by atoms with van der Waals surface area (Å²) in [5, 5.41) is 8.65. The van der Waals surface area contributed by atoms with E-state index in [0.29, 0.717) is 6.42 Å². The number of H-pyrrole nitrogens is 1. The Kier molecular flexibility index (Phi) is 1.43. The normalized spacial score (nSPS) is 20.5. The van der Waals surface area contributed by atoms with Crippen molar-refractivity contribution in [3.63, 3.8) is 0 Å². The third kappa shape index (κ3) is 0.990. The summed E-state index contributed by atoms with van der Waals surface area (Å²) < 4.78 is 0. The van der Waals surface area contributed by atoms with Gasteiger partial charge < -0.3 is 10.1 Å². The number of carboxylic acid groups (broad SMARTS) is 1. The summed E-state index contributed by atoms with van der Waals surface area (Å²) in [5.41, 5.74) is 1.59. The second-order valence-corrected chi connectivity index (χ2v) is 2.60. The zero-order valence-electron chi connectivity index (χ0n) is 6.19. The van der Waals surface area contributed by atoms with Crippen LogP contribution >= 0.6 is 0 Å². The zero-order chi connectivity index (χ0) is 8.55. The molecule has 2 N–H and O–H groups in total. The Bertz CT molecular complexity index is 342. The van der Waals surface area contributed by atoms with Gasteiger partial charge in [-0.1, -0.05) is 0 Å². The number of hydrogen-bond acceptors (Lipinski definition) is 3. The van der Waals surface area contributed by atoms with Gasteiger partial charge in [-0.3, -0.25) is 4.99 Å². The second-order valence-electron chi connectivity index (χ2n) is 2.60. The highest BCUT2D eigenvalue weighted by molar-refractivity contribution is 5.85. The number of hydrogen-bond donors (Lipinski definition) is 2. The van der Waals surface area contributed by atoms with Crippen molar-refractivity contribution in [2.24, 2.45) is 4.99 Å². The number of imidazole rings is 1. The molecule has 0 bridgehead atoms. The molecule has 0 fully saturated rings. The van der Waals surface area contributed by atoms with Crippen molar-refractivity contribution in [2.45, 2.75) is 12.5 Å². The van der Waals surface area contributed by atoms with Crippen LogP contribution in [0.25, 0.3) is 0 Å². The summed E-state index contributed by atoms with van der Waals surface area (Å²) in [7, 11) is 0. The summed E-state index contributed by atoms with van der Waals surface area (Å²) in [5.74, 6) is -0.897. The molecule has 1 aliphatic rings. The Hall–Kier alpha value is -1.65. The number of fused-ring (bicyclic) bond motifs is 1. The number of aliphatic imine (C=N–C) groups is 1. The molecule has 1 aromatic rings. The van der Waals surface area contributed by atoms with Gasteiger partial charge in [0, 0.05) is 18.3 Å². The number of aromatic amines is 1. The van der Waals surface area contributed by atoms with E-state index < -0.39 is 12.0 Å². The minimum atomic E-state index is -0.897. The Labute approximate surface area is 68.2 Å². The second kappa shape index (κ2) is 2.44. The molecule has 1 atom stereocenters. The number of rotatable bonds is 1. The molecule has 1 unspecified atom stereocenters. The Morgan fingerprint density at radius 3 is 3.33 bits per heavy atom. The van der Waals surface area contributed by atoms with Gasteiger partial charge in [-0.15, -0.1) is 0 Å². The van der Waals surface area contributed by atoms with E-state index in [4.69, 9.17) is 5.11 Å². The van der Waals surface area contributed by atoms with Gasteiger partial charge in [0.05, 0.1) is 6.33 Å². The van der Waals surface area contributed by atoms with Crippen molar-refractivity contribution in [1.82, 2.24) is 9.97 Å². The molecule has 5 heteroatoms. The number of carboxylic acids is 1. The van der Waals surface area contributed by atoms with Crippen molar-refractivity contribution in [3.8, 4) is 0 Å². The minimum Gasteiger partial charge on any atom is -0.480 e. The van der Waals surface area contributed by atoms with Crippen molar-refractivity contribution >= 4 is 12.2 Å². The molecule has 0 amide bonds. The van der Waals surface area contributed by atoms with Gasteiger partial charge in [0.25, 0.3) is 0 Å². The Balaban J connectivity index is 2.30. The molecule has 0 radical (unpaired) electrons. The molecule has 1 aliphatic heterocycles. The summed E-state index contributed by atoms with van der Waals surface area (Å²) in [6, 6.07) is -0.655. The predicted octanol–water partition coefficient (Wildman–Crippen LogP) is -0.162. The maximum absolute atomic E-state index is 10.5. The molecule has 62 valence electrons. The van der Waals surface area contributed by atoms with Crippen molar-refractivity contribution < 1.29 is 9.90 Å². The minimum absolute atomic E-state index is 0.404. The van der Waals surface area contributed by atoms with E-state index in [1.165, 1.54) is 6.21 Å². The van der Waals surface area contributed by atoms with Crippen LogP contribution in [0.15, 0.2) is 11.3 Å². The van der Waals surface area contributed by atoms with E-state index in [9.17, 15) is 4.79 Å². The highest BCUT2D eigenvalue weighted by Crippen LogP contribution is 2.11. The Morgan fingerprint density at radius 2 is 2.58 bits per heavy atom. The highest BCUT2D eigenvalue weighted by atomic mass is 16.4. The van der Waals surface area contributed by atoms with Crippen LogP contribution in [-0.4, -0.2) is 33.3 Å². The van der Waals surface area contributed by atoms with Crippen LogP contribution in [0.5, 0.6) is 0 Å². The van der Waals surface area contributed by atoms with Gasteiger partial charge in [0.2, 0.25) is 0 Å². The molecular weight excluding hydrogens is 158 g/mol. The first-order valence-electron chi connectivity index (χ1n) is 3.55. The van der Waals surface area contributed by atoms with E-state index in [1.54, 1.807) is 6.33 Å². The zero-order valence-corrected chi connectivity index (χ0v) is 6.19. The van der Waals surface area contributed by atoms with Crippen LogP contribution in [0, 0.1) is 0 Å². The van der Waals surface area contributed by atoms with E-state index in [1.807, 2.05) is 0 Å². The number of aliphatic carboxylic acids is 1. The SMILES string of the molecule is O=C(O)C1Cc2[nH]cnc2C=N1. The lowest BCUT2D eigenvalue weighted by Gasteiger charge is -2.10. The molecular formula is C7H7N3O2. The van der Waals surface area contributed by atoms with Crippen molar-refractivity contribution in [3.05, 3.63) is 17.7 Å². The van der Waals surface area contributed by atoms with Gasteiger partial charge >= 0.3 is 5.97 Å². The lowest BCUT2D eigenvalue weighted by Crippen LogP contribution is -2.24. The Morgan fingerprint density at radius 1 is 1.75 bits per heavy atom. The third-order valence-corrected chi connectivity index (χ3v) is 1.81. The van der Waals surface area contributed by atoms with Crippen LogP contribution < -0.4 is 0 Å². The number of nitrogens with one attached hydrogen (secondary N) is 1. The van der Waals surface area contributed by atoms with Gasteiger partial charge in [-0.05, 0) is 0 Å². The molecule has 5 nitrogen and oxygen atoms in total. The van der Waals surface area contributed by atoms with Crippen LogP contribution in [-0.2, 0) is 11.2 Å². The van der Waals surface area contributed by atoms with Gasteiger partial charge in [0.15, 0.2) is 6.04 Å². The van der Waals surface area contributed by atoms with Crippen LogP contribution in [0.1, 0.15) is 11.4 Å². The van der Waals surface area contributed by atoms with Crippen LogP contribution in [0.3, 0.4) is 0 Å². The molecule has 0 saturated carbocycles. The quantitative estimate of drug-likeness (QED) is 0.606. The first-order valence-corrected chi connectivity index (χ1v) is 3.55. The molecule has 2 heterocycles. The van der Waals surface area contributed by atoms with Gasteiger partial charge in [0.1, 0.15) is 5.69 Å². The van der Waals surface area contributed by atoms with Gasteiger partial charge in [-0.2, -0.15) is 0 Å². The summed E-state index contributed by atoms with van der Waals surface area (Å²) in [6.07, 6.45) is 3.44. The molecule has 1 aromatic heterocycles. The van der Waals surface area contributed by atoms with E-state index in [-0.39, 0.29) is 0 Å². The molecule has 0 aliphatic carbocycles. The molecule has 0 aromatic carbocycles. The lowest BCUT2D eigenvalue weighted by molar-refractivity contribution is -0.138. The van der Waals surface area contributed by atoms with E-state index in [2.05, 4.69) is 15.0 Å². The topological polar surface area (TPSA) is 78.3 Å². The van der Waals surface area contributed by atoms with Crippen LogP contribution in [0.2, 0.25) is 0 Å². The smallest absolute Gasteiger partial charge is 0.328 e. The average Bonchev–Trinajstić information content (AvgIpc) is 2.49. The third-order valence-electron chi connectivity index (χ3n) is 1.81. The van der Waals surface area contributed by atoms with Crippen molar-refractivity contribution in [2.75, 3.05) is 0 Å². The largest absolute Gasteiger partial charge is 0.480 e.